The van der Waals surface area contributed by atoms with E-state index in [2.05, 4.69) is 10.2 Å². The number of carbonyl (C=O) groups is 2. The van der Waals surface area contributed by atoms with Gasteiger partial charge in [0.2, 0.25) is 11.8 Å². The minimum atomic E-state index is -0.341. The Bertz CT molecular complexity index is 865. The molecule has 2 aliphatic rings. The molecule has 0 spiro atoms. The van der Waals surface area contributed by atoms with Crippen molar-refractivity contribution in [2.75, 3.05) is 43.1 Å². The Morgan fingerprint density at radius 3 is 2.52 bits per heavy atom. The molecular formula is C23H27N3O3. The second kappa shape index (κ2) is 8.66. The largest absolute Gasteiger partial charge is 0.378 e. The smallest absolute Gasteiger partial charge is 0.229 e. The molecule has 2 aliphatic heterocycles. The Hall–Kier alpha value is -2.86. The van der Waals surface area contributed by atoms with Gasteiger partial charge in [-0.3, -0.25) is 9.59 Å². The molecule has 2 heterocycles. The van der Waals surface area contributed by atoms with E-state index in [1.165, 1.54) is 0 Å². The first kappa shape index (κ1) is 19.5. The van der Waals surface area contributed by atoms with E-state index in [1.807, 2.05) is 66.4 Å². The second-order valence-electron chi connectivity index (χ2n) is 7.64. The third-order valence-electron chi connectivity index (χ3n) is 5.79. The van der Waals surface area contributed by atoms with Gasteiger partial charge in [0.1, 0.15) is 0 Å². The van der Waals surface area contributed by atoms with Gasteiger partial charge in [0.15, 0.2) is 0 Å². The van der Waals surface area contributed by atoms with Crippen molar-refractivity contribution in [2.24, 2.45) is 5.92 Å². The summed E-state index contributed by atoms with van der Waals surface area (Å²) in [5, 5.41) is 3.07. The fourth-order valence-electron chi connectivity index (χ4n) is 4.09. The van der Waals surface area contributed by atoms with Crippen LogP contribution >= 0.6 is 0 Å². The first-order valence-corrected chi connectivity index (χ1v) is 10.2. The first-order chi connectivity index (χ1) is 14.1. The van der Waals surface area contributed by atoms with Gasteiger partial charge in [-0.05, 0) is 24.6 Å². The van der Waals surface area contributed by atoms with Crippen LogP contribution in [0.5, 0.6) is 0 Å². The molecule has 2 fully saturated rings. The van der Waals surface area contributed by atoms with E-state index < -0.39 is 0 Å². The molecule has 2 atom stereocenters. The van der Waals surface area contributed by atoms with E-state index >= 15 is 0 Å². The van der Waals surface area contributed by atoms with Crippen LogP contribution in [-0.2, 0) is 14.3 Å². The summed E-state index contributed by atoms with van der Waals surface area (Å²) in [7, 11) is 0. The number of amides is 2. The Morgan fingerprint density at radius 1 is 1.07 bits per heavy atom. The van der Waals surface area contributed by atoms with Gasteiger partial charge in [-0.15, -0.1) is 0 Å². The topological polar surface area (TPSA) is 61.9 Å². The molecule has 0 saturated carbocycles. The summed E-state index contributed by atoms with van der Waals surface area (Å²) in [6, 6.07) is 17.7. The van der Waals surface area contributed by atoms with Crippen LogP contribution in [0.2, 0.25) is 0 Å². The zero-order valence-electron chi connectivity index (χ0n) is 16.7. The molecule has 0 radical (unpaired) electrons. The Labute approximate surface area is 171 Å². The lowest BCUT2D eigenvalue weighted by atomic mass is 10.1. The van der Waals surface area contributed by atoms with Crippen LogP contribution in [0.25, 0.3) is 0 Å². The lowest BCUT2D eigenvalue weighted by Crippen LogP contribution is -2.37. The average molecular weight is 393 g/mol. The molecule has 152 valence electrons. The monoisotopic (exact) mass is 393 g/mol. The third kappa shape index (κ3) is 4.27. The zero-order valence-corrected chi connectivity index (χ0v) is 16.7. The average Bonchev–Trinajstić information content (AvgIpc) is 3.16. The minimum absolute atomic E-state index is 0.0305. The molecule has 0 bridgehead atoms. The standard InChI is InChI=1S/C23H27N3O3/c1-17(18-7-3-2-4-8-18)26-16-19(15-22(26)27)23(28)24-20-9-5-6-10-21(20)25-11-13-29-14-12-25/h2-10,17,19H,11-16H2,1H3,(H,24,28)/t17-,19-/m1/s1. The number of benzene rings is 2. The summed E-state index contributed by atoms with van der Waals surface area (Å²) < 4.78 is 5.43. The number of ether oxygens (including phenoxy) is 1. The van der Waals surface area contributed by atoms with Crippen molar-refractivity contribution in [1.82, 2.24) is 4.90 Å². The fraction of sp³-hybridized carbons (Fsp3) is 0.391. The quantitative estimate of drug-likeness (QED) is 0.848. The van der Waals surface area contributed by atoms with E-state index in [4.69, 9.17) is 4.74 Å². The highest BCUT2D eigenvalue weighted by Gasteiger charge is 2.37. The highest BCUT2D eigenvalue weighted by Crippen LogP contribution is 2.31. The molecule has 6 nitrogen and oxygen atoms in total. The van der Waals surface area contributed by atoms with Gasteiger partial charge in [0.05, 0.1) is 36.5 Å². The summed E-state index contributed by atoms with van der Waals surface area (Å²) in [6.07, 6.45) is 0.253. The van der Waals surface area contributed by atoms with Crippen molar-refractivity contribution >= 4 is 23.2 Å². The maximum atomic E-state index is 13.0. The molecule has 6 heteroatoms. The molecule has 2 aromatic rings. The summed E-state index contributed by atoms with van der Waals surface area (Å²) in [5.41, 5.74) is 2.88. The van der Waals surface area contributed by atoms with E-state index in [9.17, 15) is 9.59 Å². The van der Waals surface area contributed by atoms with Gasteiger partial charge in [-0.1, -0.05) is 42.5 Å². The van der Waals surface area contributed by atoms with E-state index in [1.54, 1.807) is 0 Å². The molecule has 29 heavy (non-hydrogen) atoms. The molecule has 2 saturated heterocycles. The van der Waals surface area contributed by atoms with Gasteiger partial charge >= 0.3 is 0 Å². The third-order valence-corrected chi connectivity index (χ3v) is 5.79. The van der Waals surface area contributed by atoms with Crippen LogP contribution < -0.4 is 10.2 Å². The maximum Gasteiger partial charge on any atom is 0.229 e. The molecule has 0 aromatic heterocycles. The predicted octanol–water partition coefficient (Wildman–Crippen LogP) is 3.07. The number of rotatable bonds is 5. The zero-order chi connectivity index (χ0) is 20.2. The highest BCUT2D eigenvalue weighted by atomic mass is 16.5. The molecular weight excluding hydrogens is 366 g/mol. The first-order valence-electron chi connectivity index (χ1n) is 10.2. The lowest BCUT2D eigenvalue weighted by Gasteiger charge is -2.30. The summed E-state index contributed by atoms with van der Waals surface area (Å²) >= 11 is 0. The molecule has 4 rings (SSSR count). The van der Waals surface area contributed by atoms with Crippen molar-refractivity contribution in [2.45, 2.75) is 19.4 Å². The molecule has 2 amide bonds. The van der Waals surface area contributed by atoms with Crippen molar-refractivity contribution in [3.05, 3.63) is 60.2 Å². The Balaban J connectivity index is 1.44. The summed E-state index contributed by atoms with van der Waals surface area (Å²) in [4.78, 5) is 29.6. The van der Waals surface area contributed by atoms with Gasteiger partial charge < -0.3 is 19.9 Å². The Kier molecular flexibility index (Phi) is 5.81. The number of carbonyl (C=O) groups excluding carboxylic acids is 2. The number of hydrogen-bond acceptors (Lipinski definition) is 4. The maximum absolute atomic E-state index is 13.0. The van der Waals surface area contributed by atoms with Crippen LogP contribution in [0.4, 0.5) is 11.4 Å². The van der Waals surface area contributed by atoms with Gasteiger partial charge in [0, 0.05) is 26.1 Å². The number of nitrogens with zero attached hydrogens (tertiary/aromatic N) is 2. The van der Waals surface area contributed by atoms with Gasteiger partial charge in [-0.25, -0.2) is 0 Å². The number of para-hydroxylation sites is 2. The van der Waals surface area contributed by atoms with Crippen LogP contribution in [0.1, 0.15) is 24.9 Å². The van der Waals surface area contributed by atoms with Crippen molar-refractivity contribution in [3.63, 3.8) is 0 Å². The van der Waals surface area contributed by atoms with Crippen LogP contribution in [-0.4, -0.2) is 49.6 Å². The van der Waals surface area contributed by atoms with Gasteiger partial charge in [0.25, 0.3) is 0 Å². The molecule has 0 unspecified atom stereocenters. The molecule has 1 N–H and O–H groups in total. The van der Waals surface area contributed by atoms with Crippen LogP contribution in [0.3, 0.4) is 0 Å². The fourth-order valence-corrected chi connectivity index (χ4v) is 4.09. The number of morpholine rings is 1. The number of anilines is 2. The van der Waals surface area contributed by atoms with Crippen LogP contribution in [0.15, 0.2) is 54.6 Å². The van der Waals surface area contributed by atoms with Crippen molar-refractivity contribution in [1.29, 1.82) is 0 Å². The molecule has 0 aliphatic carbocycles. The number of nitrogens with one attached hydrogen (secondary N) is 1. The SMILES string of the molecule is C[C@H](c1ccccc1)N1C[C@H](C(=O)Nc2ccccc2N2CCOCC2)CC1=O. The minimum Gasteiger partial charge on any atom is -0.378 e. The highest BCUT2D eigenvalue weighted by molar-refractivity contribution is 5.99. The number of likely N-dealkylation sites (tertiary alicyclic amines) is 1. The van der Waals surface area contributed by atoms with E-state index in [-0.39, 0.29) is 30.2 Å². The number of hydrogen-bond donors (Lipinski definition) is 1. The van der Waals surface area contributed by atoms with E-state index in [0.29, 0.717) is 19.8 Å². The second-order valence-corrected chi connectivity index (χ2v) is 7.64. The summed E-state index contributed by atoms with van der Waals surface area (Å²) in [5.74, 6) is -0.406. The molecule has 2 aromatic carbocycles. The van der Waals surface area contributed by atoms with E-state index in [0.717, 1.165) is 30.0 Å². The van der Waals surface area contributed by atoms with Gasteiger partial charge in [-0.2, -0.15) is 0 Å². The van der Waals surface area contributed by atoms with Crippen molar-refractivity contribution < 1.29 is 14.3 Å². The normalized spacial score (nSPS) is 20.6. The summed E-state index contributed by atoms with van der Waals surface area (Å²) in [6.45, 7) is 5.44. The Morgan fingerprint density at radius 2 is 1.76 bits per heavy atom. The lowest BCUT2D eigenvalue weighted by molar-refractivity contribution is -0.129. The van der Waals surface area contributed by atoms with Crippen molar-refractivity contribution in [3.8, 4) is 0 Å². The predicted molar refractivity (Wildman–Crippen MR) is 113 cm³/mol. The van der Waals surface area contributed by atoms with Crippen LogP contribution in [0, 0.1) is 5.92 Å².